The quantitative estimate of drug-likeness (QED) is 0.613. The first-order valence-corrected chi connectivity index (χ1v) is 8.36. The Hall–Kier alpha value is -0.910. The summed E-state index contributed by atoms with van der Waals surface area (Å²) >= 11 is 0. The summed E-state index contributed by atoms with van der Waals surface area (Å²) in [5.41, 5.74) is -0.473. The van der Waals surface area contributed by atoms with Crippen LogP contribution in [-0.2, 0) is 14.3 Å². The van der Waals surface area contributed by atoms with Gasteiger partial charge in [0.05, 0.1) is 6.10 Å². The van der Waals surface area contributed by atoms with Crippen molar-refractivity contribution in [1.29, 1.82) is 0 Å². The first kappa shape index (κ1) is 18.4. The summed E-state index contributed by atoms with van der Waals surface area (Å²) in [5, 5.41) is 21.4. The summed E-state index contributed by atoms with van der Waals surface area (Å²) in [6.45, 7) is 7.32. The third-order valence-corrected chi connectivity index (χ3v) is 5.80. The minimum atomic E-state index is -1.14. The SMILES string of the molecule is CO[C@@H]1/C=C(\C)C[C@H](OC(C)=O)[C@]2(O)[C@H](CC2(C)C)[C@@H](CO)C1. The maximum Gasteiger partial charge on any atom is 0.303 e. The van der Waals surface area contributed by atoms with Crippen molar-refractivity contribution in [2.45, 2.75) is 64.8 Å². The van der Waals surface area contributed by atoms with Gasteiger partial charge in [-0.15, -0.1) is 0 Å². The van der Waals surface area contributed by atoms with E-state index in [0.717, 1.165) is 12.0 Å². The fourth-order valence-electron chi connectivity index (χ4n) is 4.50. The second-order valence-electron chi connectivity index (χ2n) is 7.79. The summed E-state index contributed by atoms with van der Waals surface area (Å²) in [6, 6.07) is 0. The van der Waals surface area contributed by atoms with Crippen molar-refractivity contribution in [1.82, 2.24) is 0 Å². The highest BCUT2D eigenvalue weighted by Crippen LogP contribution is 2.60. The van der Waals surface area contributed by atoms with Crippen molar-refractivity contribution in [3.63, 3.8) is 0 Å². The van der Waals surface area contributed by atoms with Crippen molar-refractivity contribution in [2.24, 2.45) is 17.3 Å². The van der Waals surface area contributed by atoms with Gasteiger partial charge in [0.1, 0.15) is 11.7 Å². The van der Waals surface area contributed by atoms with Crippen molar-refractivity contribution in [2.75, 3.05) is 13.7 Å². The number of hydrogen-bond donors (Lipinski definition) is 2. The number of aliphatic hydroxyl groups is 2. The summed E-state index contributed by atoms with van der Waals surface area (Å²) in [4.78, 5) is 11.6. The molecule has 5 heteroatoms. The summed E-state index contributed by atoms with van der Waals surface area (Å²) < 4.78 is 11.1. The number of methoxy groups -OCH3 is 1. The van der Waals surface area contributed by atoms with Crippen LogP contribution in [-0.4, -0.2) is 47.7 Å². The Morgan fingerprint density at radius 2 is 2.09 bits per heavy atom. The van der Waals surface area contributed by atoms with Crippen LogP contribution in [0.3, 0.4) is 0 Å². The highest BCUT2D eigenvalue weighted by molar-refractivity contribution is 5.66. The van der Waals surface area contributed by atoms with Gasteiger partial charge in [-0.25, -0.2) is 0 Å². The molecule has 5 atom stereocenters. The standard InChI is InChI=1S/C18H30O5/c1-11-6-14(22-5)8-13(10-19)15-9-17(3,4)18(15,21)16(7-11)23-12(2)20/h6,13-16,19,21H,7-10H2,1-5H3/b11-6+/t13-,14-,15-,16+,18-/m1/s1. The van der Waals surface area contributed by atoms with E-state index in [1.165, 1.54) is 6.92 Å². The number of fused-ring (bicyclic) bond motifs is 1. The number of carbonyl (C=O) groups excluding carboxylic acids is 1. The molecule has 5 nitrogen and oxygen atoms in total. The van der Waals surface area contributed by atoms with Crippen LogP contribution in [0.2, 0.25) is 0 Å². The van der Waals surface area contributed by atoms with Crippen LogP contribution in [0.25, 0.3) is 0 Å². The lowest BCUT2D eigenvalue weighted by atomic mass is 9.46. The Labute approximate surface area is 138 Å². The summed E-state index contributed by atoms with van der Waals surface area (Å²) in [5.74, 6) is -0.581. The maximum absolute atomic E-state index is 11.6. The van der Waals surface area contributed by atoms with Gasteiger partial charge in [0, 0.05) is 27.1 Å². The van der Waals surface area contributed by atoms with Crippen LogP contribution in [0, 0.1) is 17.3 Å². The van der Waals surface area contributed by atoms with Crippen LogP contribution in [0.15, 0.2) is 11.6 Å². The average molecular weight is 326 g/mol. The Morgan fingerprint density at radius 3 is 2.57 bits per heavy atom. The molecule has 0 aromatic carbocycles. The highest BCUT2D eigenvalue weighted by Gasteiger charge is 2.66. The molecule has 23 heavy (non-hydrogen) atoms. The number of esters is 1. The van der Waals surface area contributed by atoms with Crippen molar-refractivity contribution in [3.05, 3.63) is 11.6 Å². The monoisotopic (exact) mass is 326 g/mol. The number of aliphatic hydroxyl groups excluding tert-OH is 1. The van der Waals surface area contributed by atoms with Gasteiger partial charge in [0.2, 0.25) is 0 Å². The zero-order valence-electron chi connectivity index (χ0n) is 14.8. The molecular weight excluding hydrogens is 296 g/mol. The zero-order chi connectivity index (χ0) is 17.4. The number of rotatable bonds is 3. The number of ether oxygens (including phenoxy) is 2. The molecule has 0 aromatic heterocycles. The molecule has 0 radical (unpaired) electrons. The molecule has 0 aromatic rings. The molecule has 0 amide bonds. The first-order chi connectivity index (χ1) is 10.7. The van der Waals surface area contributed by atoms with Gasteiger partial charge >= 0.3 is 5.97 Å². The largest absolute Gasteiger partial charge is 0.459 e. The van der Waals surface area contributed by atoms with Crippen molar-refractivity contribution < 1.29 is 24.5 Å². The fraction of sp³-hybridized carbons (Fsp3) is 0.833. The maximum atomic E-state index is 11.6. The van der Waals surface area contributed by atoms with Gasteiger partial charge in [-0.3, -0.25) is 4.79 Å². The third kappa shape index (κ3) is 3.19. The van der Waals surface area contributed by atoms with E-state index in [9.17, 15) is 15.0 Å². The van der Waals surface area contributed by atoms with Crippen LogP contribution in [0.4, 0.5) is 0 Å². The predicted molar refractivity (Wildman–Crippen MR) is 86.8 cm³/mol. The third-order valence-electron chi connectivity index (χ3n) is 5.80. The smallest absolute Gasteiger partial charge is 0.303 e. The van der Waals surface area contributed by atoms with E-state index in [1.807, 2.05) is 26.8 Å². The van der Waals surface area contributed by atoms with Gasteiger partial charge in [-0.05, 0) is 37.0 Å². The van der Waals surface area contributed by atoms with Gasteiger partial charge in [-0.2, -0.15) is 0 Å². The first-order valence-electron chi connectivity index (χ1n) is 8.36. The molecule has 1 fully saturated rings. The molecule has 0 spiro atoms. The highest BCUT2D eigenvalue weighted by atomic mass is 16.6. The van der Waals surface area contributed by atoms with Crippen LogP contribution in [0.5, 0.6) is 0 Å². The molecule has 0 saturated heterocycles. The van der Waals surface area contributed by atoms with Crippen LogP contribution >= 0.6 is 0 Å². The molecule has 0 heterocycles. The van der Waals surface area contributed by atoms with Crippen LogP contribution < -0.4 is 0 Å². The van der Waals surface area contributed by atoms with E-state index >= 15 is 0 Å². The van der Waals surface area contributed by atoms with E-state index in [0.29, 0.717) is 12.8 Å². The lowest BCUT2D eigenvalue weighted by molar-refractivity contribution is -0.273. The Morgan fingerprint density at radius 1 is 1.43 bits per heavy atom. The zero-order valence-corrected chi connectivity index (χ0v) is 14.8. The van der Waals surface area contributed by atoms with Crippen LogP contribution in [0.1, 0.15) is 47.0 Å². The number of hydrogen-bond acceptors (Lipinski definition) is 5. The van der Waals surface area contributed by atoms with Gasteiger partial charge in [0.15, 0.2) is 0 Å². The van der Waals surface area contributed by atoms with Gasteiger partial charge < -0.3 is 19.7 Å². The molecule has 2 N–H and O–H groups in total. The van der Waals surface area contributed by atoms with Gasteiger partial charge in [-0.1, -0.05) is 25.5 Å². The minimum absolute atomic E-state index is 0.0113. The van der Waals surface area contributed by atoms with Crippen molar-refractivity contribution in [3.8, 4) is 0 Å². The van der Waals surface area contributed by atoms with Crippen molar-refractivity contribution >= 4 is 5.97 Å². The molecule has 2 rings (SSSR count). The molecule has 132 valence electrons. The minimum Gasteiger partial charge on any atom is -0.459 e. The summed E-state index contributed by atoms with van der Waals surface area (Å²) in [7, 11) is 1.65. The Bertz CT molecular complexity index is 484. The predicted octanol–water partition coefficient (Wildman–Crippen LogP) is 2.06. The Kier molecular flexibility index (Phi) is 5.24. The topological polar surface area (TPSA) is 76.0 Å². The fourth-order valence-corrected chi connectivity index (χ4v) is 4.50. The van der Waals surface area contributed by atoms with Gasteiger partial charge in [0.25, 0.3) is 0 Å². The van der Waals surface area contributed by atoms with E-state index < -0.39 is 11.7 Å². The number of carbonyl (C=O) groups is 1. The summed E-state index contributed by atoms with van der Waals surface area (Å²) in [6.07, 6.45) is 3.24. The van der Waals surface area contributed by atoms with E-state index in [2.05, 4.69) is 0 Å². The Balaban J connectivity index is 2.45. The normalized spacial score (nSPS) is 42.1. The second kappa shape index (κ2) is 6.54. The molecule has 2 aliphatic rings. The molecule has 2 aliphatic carbocycles. The van der Waals surface area contributed by atoms with E-state index in [4.69, 9.17) is 9.47 Å². The van der Waals surface area contributed by atoms with E-state index in [1.54, 1.807) is 7.11 Å². The second-order valence-corrected chi connectivity index (χ2v) is 7.79. The molecule has 0 unspecified atom stereocenters. The molecule has 0 aliphatic heterocycles. The molecular formula is C18H30O5. The molecule has 1 saturated carbocycles. The lowest BCUT2D eigenvalue weighted by Gasteiger charge is -2.63. The lowest BCUT2D eigenvalue weighted by Crippen LogP contribution is -2.70. The average Bonchev–Trinajstić information content (AvgIpc) is 2.49. The molecule has 0 bridgehead atoms. The van der Waals surface area contributed by atoms with E-state index in [-0.39, 0.29) is 35.9 Å².